The summed E-state index contributed by atoms with van der Waals surface area (Å²) in [5.74, 6) is -1.30. The molecule has 0 radical (unpaired) electrons. The summed E-state index contributed by atoms with van der Waals surface area (Å²) in [5, 5.41) is 13.8. The van der Waals surface area contributed by atoms with Crippen LogP contribution in [0.5, 0.6) is 0 Å². The highest BCUT2D eigenvalue weighted by Crippen LogP contribution is 2.44. The second-order valence-electron chi connectivity index (χ2n) is 7.79. The van der Waals surface area contributed by atoms with Gasteiger partial charge in [0.1, 0.15) is 13.2 Å². The first-order valence-corrected chi connectivity index (χ1v) is 10.1. The smallest absolute Gasteiger partial charge is 0.407 e. The van der Waals surface area contributed by atoms with E-state index in [-0.39, 0.29) is 30.9 Å². The Bertz CT molecular complexity index is 924. The molecule has 30 heavy (non-hydrogen) atoms. The maximum Gasteiger partial charge on any atom is 0.407 e. The zero-order valence-electron chi connectivity index (χ0n) is 16.5. The molecule has 0 heterocycles. The van der Waals surface area contributed by atoms with Gasteiger partial charge in [-0.15, -0.1) is 0 Å². The molecule has 2 aromatic carbocycles. The Morgan fingerprint density at radius 3 is 2.17 bits per heavy atom. The second-order valence-corrected chi connectivity index (χ2v) is 7.79. The molecule has 1 unspecified atom stereocenters. The Balaban J connectivity index is 1.36. The number of fused-ring (bicyclic) bond motifs is 3. The van der Waals surface area contributed by atoms with Gasteiger partial charge in [0.05, 0.1) is 0 Å². The summed E-state index contributed by atoms with van der Waals surface area (Å²) in [5.41, 5.74) is 4.60. The molecule has 1 atom stereocenters. The van der Waals surface area contributed by atoms with Crippen LogP contribution in [0.2, 0.25) is 0 Å². The SMILES string of the molecule is O=C(O)CNC(=O)CC(NC(=O)OCC1c2ccccc2-c2ccccc21)C1CC1. The lowest BCUT2D eigenvalue weighted by atomic mass is 9.98. The number of amides is 2. The molecule has 1 saturated carbocycles. The van der Waals surface area contributed by atoms with Gasteiger partial charge in [0.25, 0.3) is 0 Å². The first-order valence-electron chi connectivity index (χ1n) is 10.1. The van der Waals surface area contributed by atoms with Crippen LogP contribution in [0.4, 0.5) is 4.79 Å². The molecule has 2 aliphatic rings. The molecule has 156 valence electrons. The quantitative estimate of drug-likeness (QED) is 0.623. The Kier molecular flexibility index (Phi) is 5.70. The van der Waals surface area contributed by atoms with Gasteiger partial charge in [-0.1, -0.05) is 48.5 Å². The zero-order valence-corrected chi connectivity index (χ0v) is 16.5. The van der Waals surface area contributed by atoms with Crippen LogP contribution >= 0.6 is 0 Å². The maximum absolute atomic E-state index is 12.5. The number of carbonyl (C=O) groups excluding carboxylic acids is 2. The normalized spacial score (nSPS) is 15.6. The molecule has 2 aliphatic carbocycles. The second kappa shape index (κ2) is 8.57. The van der Waals surface area contributed by atoms with E-state index in [1.165, 1.54) is 0 Å². The molecule has 4 rings (SSSR count). The van der Waals surface area contributed by atoms with Crippen LogP contribution < -0.4 is 10.6 Å². The van der Waals surface area contributed by atoms with Crippen molar-refractivity contribution >= 4 is 18.0 Å². The predicted molar refractivity (Wildman–Crippen MR) is 110 cm³/mol. The number of carbonyl (C=O) groups is 3. The van der Waals surface area contributed by atoms with Crippen LogP contribution in [-0.4, -0.2) is 42.3 Å². The summed E-state index contributed by atoms with van der Waals surface area (Å²) in [6, 6.07) is 15.9. The molecule has 0 spiro atoms. The van der Waals surface area contributed by atoms with Gasteiger partial charge in [-0.05, 0) is 41.0 Å². The third-order valence-corrected chi connectivity index (χ3v) is 5.68. The van der Waals surface area contributed by atoms with Gasteiger partial charge in [-0.2, -0.15) is 0 Å². The highest BCUT2D eigenvalue weighted by molar-refractivity contribution is 5.82. The van der Waals surface area contributed by atoms with E-state index in [1.54, 1.807) is 0 Å². The number of hydrogen-bond acceptors (Lipinski definition) is 4. The minimum atomic E-state index is -1.10. The fourth-order valence-corrected chi connectivity index (χ4v) is 4.07. The number of aliphatic carboxylic acids is 1. The number of ether oxygens (including phenoxy) is 1. The van der Waals surface area contributed by atoms with Crippen molar-refractivity contribution in [2.75, 3.05) is 13.2 Å². The molecular weight excluding hydrogens is 384 g/mol. The minimum Gasteiger partial charge on any atom is -0.480 e. The summed E-state index contributed by atoms with van der Waals surface area (Å²) >= 11 is 0. The minimum absolute atomic E-state index is 0.0265. The topological polar surface area (TPSA) is 105 Å². The largest absolute Gasteiger partial charge is 0.480 e. The number of hydrogen-bond donors (Lipinski definition) is 3. The zero-order chi connectivity index (χ0) is 21.1. The van der Waals surface area contributed by atoms with Crippen LogP contribution in [0, 0.1) is 5.92 Å². The van der Waals surface area contributed by atoms with Gasteiger partial charge in [-0.3, -0.25) is 9.59 Å². The van der Waals surface area contributed by atoms with Crippen LogP contribution in [0.25, 0.3) is 11.1 Å². The summed E-state index contributed by atoms with van der Waals surface area (Å²) in [6.45, 7) is -0.219. The van der Waals surface area contributed by atoms with E-state index in [0.29, 0.717) is 0 Å². The summed E-state index contributed by atoms with van der Waals surface area (Å²) in [7, 11) is 0. The van der Waals surface area contributed by atoms with E-state index in [2.05, 4.69) is 34.9 Å². The lowest BCUT2D eigenvalue weighted by molar-refractivity contribution is -0.138. The van der Waals surface area contributed by atoms with E-state index in [4.69, 9.17) is 9.84 Å². The van der Waals surface area contributed by atoms with Crippen LogP contribution in [0.15, 0.2) is 48.5 Å². The number of nitrogens with one attached hydrogen (secondary N) is 2. The number of carboxylic acids is 1. The van der Waals surface area contributed by atoms with E-state index >= 15 is 0 Å². The first kappa shape index (κ1) is 19.9. The fraction of sp³-hybridized carbons (Fsp3) is 0.348. The third-order valence-electron chi connectivity index (χ3n) is 5.68. The highest BCUT2D eigenvalue weighted by atomic mass is 16.5. The van der Waals surface area contributed by atoms with Gasteiger partial charge >= 0.3 is 12.1 Å². The summed E-state index contributed by atoms with van der Waals surface area (Å²) in [6.07, 6.45) is 1.35. The number of benzene rings is 2. The summed E-state index contributed by atoms with van der Waals surface area (Å²) < 4.78 is 5.55. The predicted octanol–water partition coefficient (Wildman–Crippen LogP) is 2.89. The van der Waals surface area contributed by atoms with Gasteiger partial charge in [0.15, 0.2) is 0 Å². The average Bonchev–Trinajstić information content (AvgIpc) is 3.53. The molecule has 0 saturated heterocycles. The molecule has 2 aromatic rings. The van der Waals surface area contributed by atoms with E-state index < -0.39 is 24.5 Å². The van der Waals surface area contributed by atoms with Gasteiger partial charge in [0.2, 0.25) is 5.91 Å². The number of carboxylic acid groups (broad SMARTS) is 1. The van der Waals surface area contributed by atoms with Gasteiger partial charge < -0.3 is 20.5 Å². The number of alkyl carbamates (subject to hydrolysis) is 1. The lowest BCUT2D eigenvalue weighted by Crippen LogP contribution is -2.42. The Hall–Kier alpha value is -3.35. The van der Waals surface area contributed by atoms with Crippen molar-refractivity contribution in [1.29, 1.82) is 0 Å². The maximum atomic E-state index is 12.5. The van der Waals surface area contributed by atoms with Crippen LogP contribution in [0.3, 0.4) is 0 Å². The molecular formula is C23H24N2O5. The third kappa shape index (κ3) is 4.45. The van der Waals surface area contributed by atoms with E-state index in [1.807, 2.05) is 24.3 Å². The average molecular weight is 408 g/mol. The van der Waals surface area contributed by atoms with Crippen LogP contribution in [-0.2, 0) is 14.3 Å². The first-order chi connectivity index (χ1) is 14.5. The summed E-state index contributed by atoms with van der Waals surface area (Å²) in [4.78, 5) is 35.0. The highest BCUT2D eigenvalue weighted by Gasteiger charge is 2.35. The van der Waals surface area contributed by atoms with Gasteiger partial charge in [-0.25, -0.2) is 4.79 Å². The van der Waals surface area contributed by atoms with Crippen LogP contribution in [0.1, 0.15) is 36.3 Å². The number of rotatable bonds is 8. The molecule has 7 heteroatoms. The van der Waals surface area contributed by atoms with Crippen molar-refractivity contribution in [1.82, 2.24) is 10.6 Å². The van der Waals surface area contributed by atoms with Crippen molar-refractivity contribution in [2.45, 2.75) is 31.2 Å². The van der Waals surface area contributed by atoms with Crippen molar-refractivity contribution in [3.05, 3.63) is 59.7 Å². The molecule has 0 aliphatic heterocycles. The fourth-order valence-electron chi connectivity index (χ4n) is 4.07. The molecule has 0 bridgehead atoms. The van der Waals surface area contributed by atoms with E-state index in [9.17, 15) is 14.4 Å². The van der Waals surface area contributed by atoms with Crippen molar-refractivity contribution < 1.29 is 24.2 Å². The molecule has 1 fully saturated rings. The van der Waals surface area contributed by atoms with Crippen molar-refractivity contribution in [2.24, 2.45) is 5.92 Å². The Morgan fingerprint density at radius 2 is 1.60 bits per heavy atom. The van der Waals surface area contributed by atoms with Crippen molar-refractivity contribution in [3.63, 3.8) is 0 Å². The molecule has 7 nitrogen and oxygen atoms in total. The van der Waals surface area contributed by atoms with Crippen molar-refractivity contribution in [3.8, 4) is 11.1 Å². The Morgan fingerprint density at radius 1 is 1.00 bits per heavy atom. The monoisotopic (exact) mass is 408 g/mol. The lowest BCUT2D eigenvalue weighted by Gasteiger charge is -2.19. The molecule has 0 aromatic heterocycles. The molecule has 3 N–H and O–H groups in total. The van der Waals surface area contributed by atoms with E-state index in [0.717, 1.165) is 35.1 Å². The Labute approximate surface area is 174 Å². The van der Waals surface area contributed by atoms with Gasteiger partial charge in [0, 0.05) is 18.4 Å². The molecule has 2 amide bonds. The standard InChI is InChI=1S/C23H24N2O5/c26-21(24-12-22(27)28)11-20(14-9-10-14)25-23(29)30-13-19-17-7-3-1-5-15(17)16-6-2-4-8-18(16)19/h1-8,14,19-20H,9-13H2,(H,24,26)(H,25,29)(H,27,28).